The molecule has 1 atom stereocenters. The molecule has 5 nitrogen and oxygen atoms in total. The van der Waals surface area contributed by atoms with Crippen molar-refractivity contribution in [1.29, 1.82) is 0 Å². The number of esters is 1. The number of rotatable bonds is 12. The zero-order valence-corrected chi connectivity index (χ0v) is 15.2. The first-order valence-corrected chi connectivity index (χ1v) is 9.49. The molecule has 0 aliphatic rings. The van der Waals surface area contributed by atoms with Crippen LogP contribution in [0.25, 0.3) is 0 Å². The minimum atomic E-state index is -0.627. The number of alkyl carbamates (subject to hydrolysis) is 1. The summed E-state index contributed by atoms with van der Waals surface area (Å²) >= 11 is 1.63. The van der Waals surface area contributed by atoms with Gasteiger partial charge >= 0.3 is 12.1 Å². The Hall–Kier alpha value is -0.910. The van der Waals surface area contributed by atoms with Crippen LogP contribution in [0.2, 0.25) is 0 Å². The highest BCUT2D eigenvalue weighted by molar-refractivity contribution is 7.98. The number of hydrogen-bond donors (Lipinski definition) is 1. The van der Waals surface area contributed by atoms with Gasteiger partial charge in [-0.1, -0.05) is 40.0 Å². The number of ether oxygens (including phenoxy) is 2. The molecule has 1 N–H and O–H groups in total. The summed E-state index contributed by atoms with van der Waals surface area (Å²) in [6.07, 6.45) is 6.18. The van der Waals surface area contributed by atoms with Crippen LogP contribution in [0.15, 0.2) is 0 Å². The highest BCUT2D eigenvalue weighted by Crippen LogP contribution is 2.05. The standard InChI is InChI=1S/C16H31NO4S/c1-5-6-7-8-10-20-15(18)14(9-11-22-4)17-16(19)21-12-13(2)3/h13-14H,5-12H2,1-4H3,(H,17,19)/t14-/m0/s1. The van der Waals surface area contributed by atoms with E-state index in [0.717, 1.165) is 31.4 Å². The summed E-state index contributed by atoms with van der Waals surface area (Å²) in [7, 11) is 0. The van der Waals surface area contributed by atoms with Crippen LogP contribution in [-0.2, 0) is 14.3 Å². The number of hydrogen-bond acceptors (Lipinski definition) is 5. The SMILES string of the molecule is CCCCCCOC(=O)[C@H](CCSC)NC(=O)OCC(C)C. The average molecular weight is 333 g/mol. The number of carbonyl (C=O) groups is 2. The van der Waals surface area contributed by atoms with Gasteiger partial charge in [0, 0.05) is 0 Å². The summed E-state index contributed by atoms with van der Waals surface area (Å²) in [5.74, 6) is 0.674. The number of thioether (sulfide) groups is 1. The molecular formula is C16H31NO4S. The number of nitrogens with one attached hydrogen (secondary N) is 1. The molecule has 1 amide bonds. The lowest BCUT2D eigenvalue weighted by molar-refractivity contribution is -0.146. The fraction of sp³-hybridized carbons (Fsp3) is 0.875. The summed E-state index contributed by atoms with van der Waals surface area (Å²) in [5, 5.41) is 2.61. The van der Waals surface area contributed by atoms with E-state index in [1.807, 2.05) is 20.1 Å². The first kappa shape index (κ1) is 21.1. The lowest BCUT2D eigenvalue weighted by atomic mass is 10.2. The molecule has 0 aromatic rings. The zero-order valence-electron chi connectivity index (χ0n) is 14.4. The van der Waals surface area contributed by atoms with Crippen LogP contribution < -0.4 is 5.32 Å². The second-order valence-corrected chi connectivity index (χ2v) is 6.68. The van der Waals surface area contributed by atoms with E-state index in [1.54, 1.807) is 11.8 Å². The van der Waals surface area contributed by atoms with E-state index in [-0.39, 0.29) is 11.9 Å². The van der Waals surface area contributed by atoms with Crippen molar-refractivity contribution in [3.63, 3.8) is 0 Å². The van der Waals surface area contributed by atoms with E-state index in [1.165, 1.54) is 0 Å². The molecule has 0 rings (SSSR count). The van der Waals surface area contributed by atoms with Gasteiger partial charge in [-0.3, -0.25) is 0 Å². The lowest BCUT2D eigenvalue weighted by Crippen LogP contribution is -2.43. The van der Waals surface area contributed by atoms with E-state index < -0.39 is 12.1 Å². The van der Waals surface area contributed by atoms with Gasteiger partial charge in [0.05, 0.1) is 13.2 Å². The fourth-order valence-corrected chi connectivity index (χ4v) is 2.18. The molecule has 0 aromatic carbocycles. The molecule has 0 aliphatic carbocycles. The average Bonchev–Trinajstić information content (AvgIpc) is 2.48. The third-order valence-electron chi connectivity index (χ3n) is 2.98. The molecule has 0 aromatic heterocycles. The lowest BCUT2D eigenvalue weighted by Gasteiger charge is -2.17. The maximum Gasteiger partial charge on any atom is 0.407 e. The Kier molecular flexibility index (Phi) is 13.2. The van der Waals surface area contributed by atoms with E-state index in [9.17, 15) is 9.59 Å². The van der Waals surface area contributed by atoms with Crippen molar-refractivity contribution in [2.45, 2.75) is 58.9 Å². The smallest absolute Gasteiger partial charge is 0.407 e. The molecule has 0 bridgehead atoms. The second-order valence-electron chi connectivity index (χ2n) is 5.70. The Morgan fingerprint density at radius 1 is 1.14 bits per heavy atom. The van der Waals surface area contributed by atoms with Gasteiger partial charge in [-0.25, -0.2) is 9.59 Å². The summed E-state index contributed by atoms with van der Waals surface area (Å²) in [4.78, 5) is 23.7. The zero-order chi connectivity index (χ0) is 16.8. The van der Waals surface area contributed by atoms with Gasteiger partial charge in [-0.05, 0) is 30.8 Å². The van der Waals surface area contributed by atoms with Gasteiger partial charge in [0.1, 0.15) is 6.04 Å². The minimum Gasteiger partial charge on any atom is -0.464 e. The number of carbonyl (C=O) groups excluding carboxylic acids is 2. The van der Waals surface area contributed by atoms with Crippen molar-refractivity contribution >= 4 is 23.8 Å². The summed E-state index contributed by atoms with van der Waals surface area (Å²) in [5.41, 5.74) is 0. The van der Waals surface area contributed by atoms with E-state index in [0.29, 0.717) is 19.6 Å². The second kappa shape index (κ2) is 13.7. The van der Waals surface area contributed by atoms with Crippen molar-refractivity contribution in [3.8, 4) is 0 Å². The van der Waals surface area contributed by atoms with Crippen molar-refractivity contribution in [3.05, 3.63) is 0 Å². The van der Waals surface area contributed by atoms with Crippen molar-refractivity contribution in [1.82, 2.24) is 5.32 Å². The fourth-order valence-electron chi connectivity index (χ4n) is 1.71. The van der Waals surface area contributed by atoms with Gasteiger partial charge in [0.15, 0.2) is 0 Å². The Balaban J connectivity index is 4.18. The van der Waals surface area contributed by atoms with Gasteiger partial charge < -0.3 is 14.8 Å². The Labute approximate surface area is 138 Å². The Morgan fingerprint density at radius 3 is 2.45 bits per heavy atom. The molecule has 0 radical (unpaired) electrons. The van der Waals surface area contributed by atoms with E-state index in [2.05, 4.69) is 12.2 Å². The summed E-state index contributed by atoms with van der Waals surface area (Å²) in [6, 6.07) is -0.627. The third-order valence-corrected chi connectivity index (χ3v) is 3.62. The van der Waals surface area contributed by atoms with Crippen LogP contribution in [0.3, 0.4) is 0 Å². The topological polar surface area (TPSA) is 64.6 Å². The molecule has 0 spiro atoms. The van der Waals surface area contributed by atoms with Crippen LogP contribution in [-0.4, -0.2) is 43.3 Å². The van der Waals surface area contributed by atoms with E-state index in [4.69, 9.17) is 9.47 Å². The quantitative estimate of drug-likeness (QED) is 0.436. The largest absolute Gasteiger partial charge is 0.464 e. The van der Waals surface area contributed by atoms with Gasteiger partial charge in [-0.2, -0.15) is 11.8 Å². The van der Waals surface area contributed by atoms with Crippen LogP contribution in [0.5, 0.6) is 0 Å². The molecule has 0 saturated heterocycles. The van der Waals surface area contributed by atoms with Crippen LogP contribution in [0.1, 0.15) is 52.9 Å². The first-order valence-electron chi connectivity index (χ1n) is 8.10. The number of unbranched alkanes of at least 4 members (excludes halogenated alkanes) is 3. The van der Waals surface area contributed by atoms with Gasteiger partial charge in [0.2, 0.25) is 0 Å². The molecule has 0 unspecified atom stereocenters. The van der Waals surface area contributed by atoms with Crippen molar-refractivity contribution < 1.29 is 19.1 Å². The van der Waals surface area contributed by atoms with Crippen LogP contribution in [0.4, 0.5) is 4.79 Å². The van der Waals surface area contributed by atoms with Crippen LogP contribution in [0, 0.1) is 5.92 Å². The first-order chi connectivity index (χ1) is 10.5. The van der Waals surface area contributed by atoms with Crippen molar-refractivity contribution in [2.75, 3.05) is 25.2 Å². The molecule has 0 saturated carbocycles. The molecule has 6 heteroatoms. The normalized spacial score (nSPS) is 12.0. The maximum absolute atomic E-state index is 12.1. The molecule has 22 heavy (non-hydrogen) atoms. The van der Waals surface area contributed by atoms with Gasteiger partial charge in [0.25, 0.3) is 0 Å². The summed E-state index contributed by atoms with van der Waals surface area (Å²) < 4.78 is 10.3. The third kappa shape index (κ3) is 11.7. The molecule has 0 heterocycles. The Bertz CT molecular complexity index is 311. The predicted molar refractivity (Wildman–Crippen MR) is 91.2 cm³/mol. The molecular weight excluding hydrogens is 302 g/mol. The molecule has 0 fully saturated rings. The minimum absolute atomic E-state index is 0.265. The van der Waals surface area contributed by atoms with Crippen molar-refractivity contribution in [2.24, 2.45) is 5.92 Å². The monoisotopic (exact) mass is 333 g/mol. The molecule has 130 valence electrons. The van der Waals surface area contributed by atoms with Gasteiger partial charge in [-0.15, -0.1) is 0 Å². The van der Waals surface area contributed by atoms with Crippen LogP contribution >= 0.6 is 11.8 Å². The summed E-state index contributed by atoms with van der Waals surface area (Å²) in [6.45, 7) is 6.81. The Morgan fingerprint density at radius 2 is 1.86 bits per heavy atom. The highest BCUT2D eigenvalue weighted by atomic mass is 32.2. The maximum atomic E-state index is 12.1. The molecule has 0 aliphatic heterocycles. The highest BCUT2D eigenvalue weighted by Gasteiger charge is 2.22. The number of amides is 1. The predicted octanol–water partition coefficient (Wildman–Crippen LogP) is 3.61. The van der Waals surface area contributed by atoms with E-state index >= 15 is 0 Å².